The van der Waals surface area contributed by atoms with Gasteiger partial charge in [0.2, 0.25) is 0 Å². The Balaban J connectivity index is 2.18. The quantitative estimate of drug-likeness (QED) is 0.767. The molecule has 132 valence electrons. The van der Waals surface area contributed by atoms with Crippen LogP contribution in [-0.4, -0.2) is 20.6 Å². The van der Waals surface area contributed by atoms with Gasteiger partial charge in [0.15, 0.2) is 0 Å². The molecule has 0 aliphatic carbocycles. The minimum Gasteiger partial charge on any atom is -0.477 e. The van der Waals surface area contributed by atoms with Gasteiger partial charge < -0.3 is 9.67 Å². The molecule has 0 radical (unpaired) electrons. The van der Waals surface area contributed by atoms with E-state index >= 15 is 0 Å². The molecule has 1 aromatic carbocycles. The molecule has 0 bridgehead atoms. The van der Waals surface area contributed by atoms with Crippen LogP contribution < -0.4 is 0 Å². The monoisotopic (exact) mass is 356 g/mol. The van der Waals surface area contributed by atoms with Gasteiger partial charge in [0.1, 0.15) is 17.8 Å². The van der Waals surface area contributed by atoms with Crippen molar-refractivity contribution >= 4 is 5.97 Å². The first-order valence-electron chi connectivity index (χ1n) is 8.34. The summed E-state index contributed by atoms with van der Waals surface area (Å²) in [5, 5.41) is 28.5. The minimum atomic E-state index is -1.08. The molecule has 6 heteroatoms. The number of benzene rings is 1. The van der Waals surface area contributed by atoms with Gasteiger partial charge in [-0.15, -0.1) is 0 Å². The summed E-state index contributed by atoms with van der Waals surface area (Å²) in [5.74, 6) is -1.08. The predicted octanol–water partition coefficient (Wildman–Crippen LogP) is 3.76. The van der Waals surface area contributed by atoms with Gasteiger partial charge in [-0.3, -0.25) is 4.98 Å². The fourth-order valence-electron chi connectivity index (χ4n) is 3.32. The second-order valence-corrected chi connectivity index (χ2v) is 5.96. The summed E-state index contributed by atoms with van der Waals surface area (Å²) >= 11 is 0. The van der Waals surface area contributed by atoms with Crippen molar-refractivity contribution in [1.29, 1.82) is 10.5 Å². The zero-order valence-electron chi connectivity index (χ0n) is 14.9. The molecule has 3 rings (SSSR count). The molecule has 2 heterocycles. The van der Waals surface area contributed by atoms with E-state index in [1.54, 1.807) is 54.2 Å². The number of carboxylic acid groups (broad SMARTS) is 1. The molecule has 0 saturated heterocycles. The first kappa shape index (κ1) is 17.9. The van der Waals surface area contributed by atoms with Crippen LogP contribution in [0.4, 0.5) is 0 Å². The lowest BCUT2D eigenvalue weighted by Gasteiger charge is -2.07. The minimum absolute atomic E-state index is 0.0895. The highest BCUT2D eigenvalue weighted by molar-refractivity contribution is 5.97. The Morgan fingerprint density at radius 3 is 2.37 bits per heavy atom. The molecule has 0 atom stereocenters. The summed E-state index contributed by atoms with van der Waals surface area (Å²) < 4.78 is 1.57. The van der Waals surface area contributed by atoms with E-state index in [2.05, 4.69) is 17.1 Å². The van der Waals surface area contributed by atoms with E-state index in [0.717, 1.165) is 5.56 Å². The summed E-state index contributed by atoms with van der Waals surface area (Å²) in [5.41, 5.74) is 3.97. The zero-order valence-corrected chi connectivity index (χ0v) is 14.9. The van der Waals surface area contributed by atoms with E-state index in [4.69, 9.17) is 0 Å². The molecule has 3 aromatic rings. The van der Waals surface area contributed by atoms with Crippen molar-refractivity contribution in [3.8, 4) is 34.5 Å². The number of hydrogen-bond donors (Lipinski definition) is 1. The lowest BCUT2D eigenvalue weighted by atomic mass is 9.97. The van der Waals surface area contributed by atoms with E-state index < -0.39 is 5.97 Å². The summed E-state index contributed by atoms with van der Waals surface area (Å²) in [4.78, 5) is 16.1. The number of pyridine rings is 1. The molecular weight excluding hydrogens is 340 g/mol. The molecule has 27 heavy (non-hydrogen) atoms. The molecular formula is C21H16N4O2. The molecule has 0 spiro atoms. The Kier molecular flexibility index (Phi) is 4.74. The molecule has 1 N–H and O–H groups in total. The summed E-state index contributed by atoms with van der Waals surface area (Å²) in [7, 11) is 1.66. The van der Waals surface area contributed by atoms with Crippen LogP contribution in [-0.2, 0) is 13.5 Å². The smallest absolute Gasteiger partial charge is 0.353 e. The number of hydrogen-bond acceptors (Lipinski definition) is 4. The van der Waals surface area contributed by atoms with Crippen LogP contribution in [0.25, 0.3) is 22.4 Å². The molecule has 0 fully saturated rings. The van der Waals surface area contributed by atoms with Gasteiger partial charge in [-0.05, 0) is 24.1 Å². The molecule has 0 amide bonds. The second kappa shape index (κ2) is 7.15. The lowest BCUT2D eigenvalue weighted by Crippen LogP contribution is -2.07. The predicted molar refractivity (Wildman–Crippen MR) is 99.8 cm³/mol. The fourth-order valence-corrected chi connectivity index (χ4v) is 3.32. The van der Waals surface area contributed by atoms with E-state index in [9.17, 15) is 20.4 Å². The maximum absolute atomic E-state index is 11.8. The summed E-state index contributed by atoms with van der Waals surface area (Å²) in [6, 6.07) is 14.7. The van der Waals surface area contributed by atoms with Crippen molar-refractivity contribution in [2.75, 3.05) is 0 Å². The number of nitriles is 2. The Labute approximate surface area is 156 Å². The van der Waals surface area contributed by atoms with Crippen molar-refractivity contribution < 1.29 is 9.90 Å². The van der Waals surface area contributed by atoms with Crippen molar-refractivity contribution in [3.63, 3.8) is 0 Å². The maximum atomic E-state index is 11.8. The van der Waals surface area contributed by atoms with Crippen molar-refractivity contribution in [1.82, 2.24) is 9.55 Å². The van der Waals surface area contributed by atoms with Gasteiger partial charge in [-0.1, -0.05) is 31.2 Å². The number of aromatic nitrogens is 2. The molecule has 6 nitrogen and oxygen atoms in total. The Bertz CT molecular complexity index is 1110. The van der Waals surface area contributed by atoms with Crippen LogP contribution in [0.15, 0.2) is 42.6 Å². The standard InChI is InChI=1S/C21H16N4O2/c1-3-17-16(12-23)18(20(21(26)27)25(17)2)13-6-8-14(9-7-13)19-15(11-22)5-4-10-24-19/h4-10H,3H2,1-2H3,(H,26,27). The molecule has 0 saturated carbocycles. The van der Waals surface area contributed by atoms with Crippen LogP contribution in [0, 0.1) is 22.7 Å². The topological polar surface area (TPSA) is 103 Å². The first-order chi connectivity index (χ1) is 13.0. The Morgan fingerprint density at radius 1 is 1.15 bits per heavy atom. The molecule has 0 aliphatic heterocycles. The number of nitrogens with zero attached hydrogens (tertiary/aromatic N) is 4. The third kappa shape index (κ3) is 2.94. The number of rotatable bonds is 4. The highest BCUT2D eigenvalue weighted by Gasteiger charge is 2.25. The third-order valence-electron chi connectivity index (χ3n) is 4.54. The molecule has 0 aliphatic rings. The van der Waals surface area contributed by atoms with Crippen LogP contribution >= 0.6 is 0 Å². The van der Waals surface area contributed by atoms with Gasteiger partial charge in [-0.2, -0.15) is 10.5 Å². The maximum Gasteiger partial charge on any atom is 0.353 e. The Morgan fingerprint density at radius 2 is 1.81 bits per heavy atom. The first-order valence-corrected chi connectivity index (χ1v) is 8.34. The normalized spacial score (nSPS) is 10.2. The number of aromatic carboxylic acids is 1. The van der Waals surface area contributed by atoms with E-state index in [1.165, 1.54) is 0 Å². The third-order valence-corrected chi connectivity index (χ3v) is 4.54. The average molecular weight is 356 g/mol. The van der Waals surface area contributed by atoms with Crippen molar-refractivity contribution in [2.45, 2.75) is 13.3 Å². The number of carboxylic acids is 1. The van der Waals surface area contributed by atoms with Gasteiger partial charge >= 0.3 is 5.97 Å². The second-order valence-electron chi connectivity index (χ2n) is 5.96. The highest BCUT2D eigenvalue weighted by Crippen LogP contribution is 2.34. The SMILES string of the molecule is CCc1c(C#N)c(-c2ccc(-c3ncccc3C#N)cc2)c(C(=O)O)n1C. The largest absolute Gasteiger partial charge is 0.477 e. The van der Waals surface area contributed by atoms with E-state index in [-0.39, 0.29) is 5.69 Å². The van der Waals surface area contributed by atoms with E-state index in [1.807, 2.05) is 6.92 Å². The Hall–Kier alpha value is -3.90. The van der Waals surface area contributed by atoms with Crippen LogP contribution in [0.2, 0.25) is 0 Å². The zero-order chi connectivity index (χ0) is 19.6. The van der Waals surface area contributed by atoms with Gasteiger partial charge in [-0.25, -0.2) is 4.79 Å². The molecule has 2 aromatic heterocycles. The lowest BCUT2D eigenvalue weighted by molar-refractivity contribution is 0.0687. The van der Waals surface area contributed by atoms with Gasteiger partial charge in [0, 0.05) is 30.1 Å². The van der Waals surface area contributed by atoms with Crippen molar-refractivity contribution in [2.24, 2.45) is 7.05 Å². The van der Waals surface area contributed by atoms with Crippen molar-refractivity contribution in [3.05, 3.63) is 65.1 Å². The number of carbonyl (C=O) groups is 1. The van der Waals surface area contributed by atoms with Gasteiger partial charge in [0.25, 0.3) is 0 Å². The summed E-state index contributed by atoms with van der Waals surface area (Å²) in [6.07, 6.45) is 2.17. The average Bonchev–Trinajstić information content (AvgIpc) is 2.99. The highest BCUT2D eigenvalue weighted by atomic mass is 16.4. The van der Waals surface area contributed by atoms with Crippen LogP contribution in [0.1, 0.15) is 34.2 Å². The fraction of sp³-hybridized carbons (Fsp3) is 0.143. The van der Waals surface area contributed by atoms with Gasteiger partial charge in [0.05, 0.1) is 16.8 Å². The van der Waals surface area contributed by atoms with Crippen LogP contribution in [0.3, 0.4) is 0 Å². The summed E-state index contributed by atoms with van der Waals surface area (Å²) in [6.45, 7) is 1.89. The van der Waals surface area contributed by atoms with Crippen LogP contribution in [0.5, 0.6) is 0 Å². The molecule has 0 unspecified atom stereocenters. The van der Waals surface area contributed by atoms with E-state index in [0.29, 0.717) is 40.1 Å².